The van der Waals surface area contributed by atoms with Crippen LogP contribution in [0.25, 0.3) is 5.69 Å². The van der Waals surface area contributed by atoms with Gasteiger partial charge in [-0.25, -0.2) is 4.79 Å². The van der Waals surface area contributed by atoms with E-state index in [9.17, 15) is 4.79 Å². The van der Waals surface area contributed by atoms with Gasteiger partial charge in [0.15, 0.2) is 0 Å². The zero-order valence-electron chi connectivity index (χ0n) is 15.4. The molecule has 2 amide bonds. The number of anilines is 1. The first-order valence-electron chi connectivity index (χ1n) is 9.17. The summed E-state index contributed by atoms with van der Waals surface area (Å²) in [7, 11) is 0. The monoisotopic (exact) mass is 423 g/mol. The number of amides is 2. The van der Waals surface area contributed by atoms with Crippen LogP contribution in [0.3, 0.4) is 0 Å². The van der Waals surface area contributed by atoms with Crippen molar-refractivity contribution in [2.24, 2.45) is 0 Å². The van der Waals surface area contributed by atoms with Crippen molar-refractivity contribution in [3.63, 3.8) is 0 Å². The Hall–Kier alpha value is -2.53. The second kappa shape index (κ2) is 7.24. The second-order valence-electron chi connectivity index (χ2n) is 6.88. The van der Waals surface area contributed by atoms with E-state index in [4.69, 9.17) is 0 Å². The van der Waals surface area contributed by atoms with Gasteiger partial charge in [0.1, 0.15) is 0 Å². The predicted octanol–water partition coefficient (Wildman–Crippen LogP) is 6.05. The van der Waals surface area contributed by atoms with Crippen molar-refractivity contribution in [1.82, 2.24) is 9.47 Å². The Morgan fingerprint density at radius 2 is 2.00 bits per heavy atom. The Labute approximate surface area is 167 Å². The highest BCUT2D eigenvalue weighted by atomic mass is 79.9. The van der Waals surface area contributed by atoms with Crippen molar-refractivity contribution in [2.45, 2.75) is 32.9 Å². The first-order valence-corrected chi connectivity index (χ1v) is 9.97. The molecule has 27 heavy (non-hydrogen) atoms. The minimum Gasteiger partial charge on any atom is -0.318 e. The molecular weight excluding hydrogens is 402 g/mol. The molecule has 0 saturated carbocycles. The van der Waals surface area contributed by atoms with Gasteiger partial charge in [-0.15, -0.1) is 0 Å². The number of para-hydroxylation sites is 1. The number of rotatable bonds is 2. The molecule has 0 radical (unpaired) electrons. The van der Waals surface area contributed by atoms with Gasteiger partial charge >= 0.3 is 6.03 Å². The molecule has 0 saturated heterocycles. The maximum Gasteiger partial charge on any atom is 0.322 e. The van der Waals surface area contributed by atoms with E-state index in [2.05, 4.69) is 57.1 Å². The molecule has 1 aliphatic heterocycles. The lowest BCUT2D eigenvalue weighted by atomic mass is 10.1. The minimum atomic E-state index is -0.0759. The van der Waals surface area contributed by atoms with Crippen LogP contribution in [-0.4, -0.2) is 15.5 Å². The molecule has 1 atom stereocenters. The summed E-state index contributed by atoms with van der Waals surface area (Å²) in [6.45, 7) is 4.73. The normalized spacial score (nSPS) is 15.7. The van der Waals surface area contributed by atoms with Gasteiger partial charge in [0.2, 0.25) is 0 Å². The number of urea groups is 1. The number of benzene rings is 2. The third-order valence-electron chi connectivity index (χ3n) is 5.15. The van der Waals surface area contributed by atoms with Gasteiger partial charge in [0, 0.05) is 22.1 Å². The molecule has 4 nitrogen and oxygen atoms in total. The van der Waals surface area contributed by atoms with Crippen LogP contribution in [0.4, 0.5) is 10.5 Å². The minimum absolute atomic E-state index is 0.0175. The first kappa shape index (κ1) is 17.9. The van der Waals surface area contributed by atoms with E-state index >= 15 is 0 Å². The van der Waals surface area contributed by atoms with Crippen LogP contribution in [0.5, 0.6) is 0 Å². The number of nitrogens with zero attached hydrogens (tertiary/aromatic N) is 2. The average molecular weight is 424 g/mol. The topological polar surface area (TPSA) is 37.3 Å². The Balaban J connectivity index is 1.71. The van der Waals surface area contributed by atoms with Crippen molar-refractivity contribution >= 4 is 27.6 Å². The fourth-order valence-electron chi connectivity index (χ4n) is 3.78. The summed E-state index contributed by atoms with van der Waals surface area (Å²) in [5, 5.41) is 3.08. The summed E-state index contributed by atoms with van der Waals surface area (Å²) in [6.07, 6.45) is 2.93. The first-order chi connectivity index (χ1) is 13.1. The number of hydrogen-bond donors (Lipinski definition) is 1. The highest BCUT2D eigenvalue weighted by Gasteiger charge is 2.30. The van der Waals surface area contributed by atoms with E-state index in [1.54, 1.807) is 0 Å². The largest absolute Gasteiger partial charge is 0.322 e. The third-order valence-corrected chi connectivity index (χ3v) is 6.04. The zero-order chi connectivity index (χ0) is 19.0. The van der Waals surface area contributed by atoms with Crippen LogP contribution >= 0.6 is 15.9 Å². The Kier molecular flexibility index (Phi) is 4.79. The SMILES string of the molecule is CCC1c2cccn2-c2ccccc2CN1C(=O)Nc1ccc(Br)c(C)c1. The van der Waals surface area contributed by atoms with Crippen LogP contribution in [0.1, 0.15) is 36.2 Å². The van der Waals surface area contributed by atoms with E-state index in [-0.39, 0.29) is 12.1 Å². The quantitative estimate of drug-likeness (QED) is 0.535. The van der Waals surface area contributed by atoms with Gasteiger partial charge in [0.05, 0.1) is 18.3 Å². The van der Waals surface area contributed by atoms with Crippen LogP contribution in [0, 0.1) is 6.92 Å². The molecule has 1 aromatic heterocycles. The molecule has 1 aliphatic rings. The molecule has 3 aromatic rings. The summed E-state index contributed by atoms with van der Waals surface area (Å²) in [4.78, 5) is 15.2. The molecule has 1 unspecified atom stereocenters. The van der Waals surface area contributed by atoms with Crippen molar-refractivity contribution < 1.29 is 4.79 Å². The average Bonchev–Trinajstić information content (AvgIpc) is 3.09. The number of nitrogens with one attached hydrogen (secondary N) is 1. The Morgan fingerprint density at radius 1 is 1.19 bits per heavy atom. The lowest BCUT2D eigenvalue weighted by Crippen LogP contribution is -2.37. The van der Waals surface area contributed by atoms with E-state index in [0.29, 0.717) is 6.54 Å². The summed E-state index contributed by atoms with van der Waals surface area (Å²) < 4.78 is 3.24. The fraction of sp³-hybridized carbons (Fsp3) is 0.227. The Morgan fingerprint density at radius 3 is 2.78 bits per heavy atom. The molecule has 1 N–H and O–H groups in total. The number of halogens is 1. The molecular formula is C22H22BrN3O. The molecule has 138 valence electrons. The maximum atomic E-state index is 13.2. The van der Waals surface area contributed by atoms with Gasteiger partial charge in [-0.1, -0.05) is 41.1 Å². The Bertz CT molecular complexity index is 995. The van der Waals surface area contributed by atoms with Crippen molar-refractivity contribution in [3.05, 3.63) is 82.1 Å². The third kappa shape index (κ3) is 3.28. The van der Waals surface area contributed by atoms with Gasteiger partial charge in [0.25, 0.3) is 0 Å². The predicted molar refractivity (Wildman–Crippen MR) is 112 cm³/mol. The number of carbonyl (C=O) groups excluding carboxylic acids is 1. The smallest absolute Gasteiger partial charge is 0.318 e. The van der Waals surface area contributed by atoms with Crippen LogP contribution in [-0.2, 0) is 6.54 Å². The zero-order valence-corrected chi connectivity index (χ0v) is 17.0. The summed E-state index contributed by atoms with van der Waals surface area (Å²) in [6, 6.07) is 18.3. The molecule has 0 bridgehead atoms. The highest BCUT2D eigenvalue weighted by molar-refractivity contribution is 9.10. The maximum absolute atomic E-state index is 13.2. The van der Waals surface area contributed by atoms with Gasteiger partial charge in [-0.05, 0) is 60.9 Å². The van der Waals surface area contributed by atoms with E-state index in [0.717, 1.165) is 39.1 Å². The molecule has 0 fully saturated rings. The second-order valence-corrected chi connectivity index (χ2v) is 7.73. The molecule has 2 aromatic carbocycles. The highest BCUT2D eigenvalue weighted by Crippen LogP contribution is 2.34. The fourth-order valence-corrected chi connectivity index (χ4v) is 4.03. The summed E-state index contributed by atoms with van der Waals surface area (Å²) in [5.74, 6) is 0. The standard InChI is InChI=1S/C22H22BrN3O/c1-3-19-21-9-6-12-25(21)20-8-5-4-7-16(20)14-26(19)22(27)24-17-10-11-18(23)15(2)13-17/h4-13,19H,3,14H2,1-2H3,(H,24,27). The van der Waals surface area contributed by atoms with E-state index in [1.807, 2.05) is 48.2 Å². The van der Waals surface area contributed by atoms with E-state index < -0.39 is 0 Å². The number of hydrogen-bond acceptors (Lipinski definition) is 1. The molecule has 0 spiro atoms. The van der Waals surface area contributed by atoms with Gasteiger partial charge in [-0.3, -0.25) is 0 Å². The van der Waals surface area contributed by atoms with Gasteiger partial charge < -0.3 is 14.8 Å². The number of fused-ring (bicyclic) bond motifs is 3. The van der Waals surface area contributed by atoms with Crippen molar-refractivity contribution in [1.29, 1.82) is 0 Å². The molecule has 4 rings (SSSR count). The molecule has 2 heterocycles. The number of aryl methyl sites for hydroxylation is 1. The van der Waals surface area contributed by atoms with Crippen molar-refractivity contribution in [3.8, 4) is 5.69 Å². The van der Waals surface area contributed by atoms with Crippen LogP contribution in [0.15, 0.2) is 65.3 Å². The lowest BCUT2D eigenvalue weighted by Gasteiger charge is -2.29. The van der Waals surface area contributed by atoms with Crippen LogP contribution in [0.2, 0.25) is 0 Å². The van der Waals surface area contributed by atoms with Crippen molar-refractivity contribution in [2.75, 3.05) is 5.32 Å². The molecule has 0 aliphatic carbocycles. The number of aromatic nitrogens is 1. The van der Waals surface area contributed by atoms with E-state index in [1.165, 1.54) is 0 Å². The molecule has 5 heteroatoms. The number of carbonyl (C=O) groups is 1. The summed E-state index contributed by atoms with van der Waals surface area (Å²) in [5.41, 5.74) is 5.33. The lowest BCUT2D eigenvalue weighted by molar-refractivity contribution is 0.181. The van der Waals surface area contributed by atoms with Gasteiger partial charge in [-0.2, -0.15) is 0 Å². The van der Waals surface area contributed by atoms with Crippen LogP contribution < -0.4 is 5.32 Å². The summed E-state index contributed by atoms with van der Waals surface area (Å²) >= 11 is 3.51.